The fourth-order valence-corrected chi connectivity index (χ4v) is 3.43. The molecule has 0 aliphatic carbocycles. The highest BCUT2D eigenvalue weighted by Crippen LogP contribution is 2.29. The van der Waals surface area contributed by atoms with E-state index in [4.69, 9.17) is 16.3 Å². The van der Waals surface area contributed by atoms with Crippen molar-refractivity contribution in [3.05, 3.63) is 91.7 Å². The molecule has 152 valence electrons. The Hall–Kier alpha value is -3.56. The van der Waals surface area contributed by atoms with Crippen LogP contribution in [0.25, 0.3) is 0 Å². The van der Waals surface area contributed by atoms with Gasteiger partial charge in [0, 0.05) is 5.02 Å². The highest BCUT2D eigenvalue weighted by Gasteiger charge is 2.26. The summed E-state index contributed by atoms with van der Waals surface area (Å²) in [6.45, 7) is 3.52. The number of hydrogen-bond donors (Lipinski definition) is 1. The molecule has 0 aliphatic rings. The highest BCUT2D eigenvalue weighted by molar-refractivity contribution is 6.31. The zero-order valence-corrected chi connectivity index (χ0v) is 17.2. The van der Waals surface area contributed by atoms with Crippen LogP contribution in [0.3, 0.4) is 0 Å². The fraction of sp³-hybridized carbons (Fsp3) is 0.174. The summed E-state index contributed by atoms with van der Waals surface area (Å²) in [5.41, 5.74) is -0.113. The second-order valence-corrected chi connectivity index (χ2v) is 6.96. The summed E-state index contributed by atoms with van der Waals surface area (Å²) in [6.07, 6.45) is 0. The summed E-state index contributed by atoms with van der Waals surface area (Å²) in [6, 6.07) is 15.3. The number of carbonyl (C=O) groups excluding carboxylic acids is 1. The maximum Gasteiger partial charge on any atom is 0.271 e. The van der Waals surface area contributed by atoms with Crippen molar-refractivity contribution in [2.45, 2.75) is 20.4 Å². The number of nitriles is 1. The van der Waals surface area contributed by atoms with Crippen LogP contribution in [0.4, 0.5) is 0 Å². The van der Waals surface area contributed by atoms with Gasteiger partial charge in [-0.2, -0.15) is 5.26 Å². The number of nitrogens with zero attached hydrogens (tertiary/aromatic N) is 2. The Balaban J connectivity index is 2.24. The van der Waals surface area contributed by atoms with E-state index >= 15 is 0 Å². The van der Waals surface area contributed by atoms with Crippen LogP contribution in [0.2, 0.25) is 5.02 Å². The van der Waals surface area contributed by atoms with E-state index in [-0.39, 0.29) is 28.8 Å². The van der Waals surface area contributed by atoms with Gasteiger partial charge in [0.25, 0.3) is 5.56 Å². The second-order valence-electron chi connectivity index (χ2n) is 6.55. The lowest BCUT2D eigenvalue weighted by Crippen LogP contribution is -2.27. The molecule has 0 radical (unpaired) electrons. The zero-order chi connectivity index (χ0) is 21.8. The predicted molar refractivity (Wildman–Crippen MR) is 113 cm³/mol. The Kier molecular flexibility index (Phi) is 6.24. The molecule has 3 aromatic rings. The highest BCUT2D eigenvalue weighted by atomic mass is 35.5. The van der Waals surface area contributed by atoms with Crippen LogP contribution < -0.4 is 10.3 Å². The number of benzene rings is 2. The summed E-state index contributed by atoms with van der Waals surface area (Å²) < 4.78 is 6.52. The molecule has 2 aromatic carbocycles. The summed E-state index contributed by atoms with van der Waals surface area (Å²) >= 11 is 6.19. The molecule has 1 aromatic heterocycles. The van der Waals surface area contributed by atoms with Crippen molar-refractivity contribution in [2.24, 2.45) is 0 Å². The molecule has 0 saturated carbocycles. The summed E-state index contributed by atoms with van der Waals surface area (Å²) in [5, 5.41) is 20.9. The maximum absolute atomic E-state index is 13.3. The quantitative estimate of drug-likeness (QED) is 0.604. The Bertz CT molecular complexity index is 1220. The number of ether oxygens (including phenoxy) is 1. The Morgan fingerprint density at radius 3 is 2.53 bits per heavy atom. The van der Waals surface area contributed by atoms with E-state index in [0.717, 1.165) is 4.57 Å². The van der Waals surface area contributed by atoms with Gasteiger partial charge in [-0.15, -0.1) is 0 Å². The summed E-state index contributed by atoms with van der Waals surface area (Å²) in [5.74, 6) is -0.711. The topological polar surface area (TPSA) is 92.3 Å². The third-order valence-corrected chi connectivity index (χ3v) is 5.11. The molecule has 0 aliphatic heterocycles. The van der Waals surface area contributed by atoms with Crippen LogP contribution in [0.15, 0.2) is 53.3 Å². The van der Waals surface area contributed by atoms with Crippen molar-refractivity contribution in [1.82, 2.24) is 4.57 Å². The molecule has 3 rings (SSSR count). The van der Waals surface area contributed by atoms with Crippen LogP contribution in [0.5, 0.6) is 11.6 Å². The third kappa shape index (κ3) is 3.80. The first-order valence-corrected chi connectivity index (χ1v) is 9.64. The minimum atomic E-state index is -0.693. The molecular formula is C23H19ClN2O4. The minimum Gasteiger partial charge on any atom is -0.494 e. The van der Waals surface area contributed by atoms with Crippen molar-refractivity contribution in [3.63, 3.8) is 0 Å². The molecule has 1 N–H and O–H groups in total. The van der Waals surface area contributed by atoms with Gasteiger partial charge in [0.1, 0.15) is 17.4 Å². The van der Waals surface area contributed by atoms with Crippen LogP contribution in [0, 0.1) is 18.3 Å². The lowest BCUT2D eigenvalue weighted by Gasteiger charge is -2.17. The number of ketones is 1. The van der Waals surface area contributed by atoms with Gasteiger partial charge < -0.3 is 9.84 Å². The number of hydrogen-bond acceptors (Lipinski definition) is 5. The van der Waals surface area contributed by atoms with Crippen LogP contribution in [-0.2, 0) is 6.54 Å². The molecule has 30 heavy (non-hydrogen) atoms. The number of pyridine rings is 1. The molecule has 0 saturated heterocycles. The molecule has 0 amide bonds. The molecule has 7 heteroatoms. The van der Waals surface area contributed by atoms with Crippen molar-refractivity contribution >= 4 is 17.4 Å². The van der Waals surface area contributed by atoms with Crippen molar-refractivity contribution in [2.75, 3.05) is 6.61 Å². The maximum atomic E-state index is 13.3. The number of rotatable bonds is 6. The number of aromatic nitrogens is 1. The van der Waals surface area contributed by atoms with E-state index in [9.17, 15) is 20.0 Å². The lowest BCUT2D eigenvalue weighted by atomic mass is 9.96. The standard InChI is InChI=1S/C23H19ClN2O4/c1-3-30-19-11-7-5-9-16(19)21(27)20-14(2)17(12-25)22(28)26(23(20)29)13-15-8-4-6-10-18(15)24/h4-11,29H,3,13H2,1-2H3. The number of halogens is 1. The van der Waals surface area contributed by atoms with Gasteiger partial charge in [-0.3, -0.25) is 14.2 Å². The Morgan fingerprint density at radius 2 is 1.87 bits per heavy atom. The zero-order valence-electron chi connectivity index (χ0n) is 16.5. The van der Waals surface area contributed by atoms with E-state index in [2.05, 4.69) is 0 Å². The monoisotopic (exact) mass is 422 g/mol. The minimum absolute atomic E-state index is 0.0906. The van der Waals surface area contributed by atoms with E-state index < -0.39 is 17.2 Å². The average Bonchev–Trinajstić information content (AvgIpc) is 2.73. The third-order valence-electron chi connectivity index (χ3n) is 4.74. The van der Waals surface area contributed by atoms with Gasteiger partial charge >= 0.3 is 0 Å². The van der Waals surface area contributed by atoms with Crippen LogP contribution in [0.1, 0.15) is 39.5 Å². The Morgan fingerprint density at radius 1 is 1.20 bits per heavy atom. The van der Waals surface area contributed by atoms with E-state index in [0.29, 0.717) is 22.9 Å². The van der Waals surface area contributed by atoms with E-state index in [1.165, 1.54) is 6.92 Å². The van der Waals surface area contributed by atoms with Gasteiger partial charge in [-0.1, -0.05) is 41.9 Å². The van der Waals surface area contributed by atoms with Gasteiger partial charge in [-0.25, -0.2) is 0 Å². The number of aromatic hydroxyl groups is 1. The van der Waals surface area contributed by atoms with E-state index in [1.807, 2.05) is 6.07 Å². The van der Waals surface area contributed by atoms with Crippen LogP contribution >= 0.6 is 11.6 Å². The molecule has 0 unspecified atom stereocenters. The first-order valence-electron chi connectivity index (χ1n) is 9.27. The van der Waals surface area contributed by atoms with E-state index in [1.54, 1.807) is 55.5 Å². The lowest BCUT2D eigenvalue weighted by molar-refractivity contribution is 0.103. The Labute approximate surface area is 178 Å². The SMILES string of the molecule is CCOc1ccccc1C(=O)c1c(C)c(C#N)c(=O)n(Cc2ccccc2Cl)c1O. The second kappa shape index (κ2) is 8.85. The molecule has 1 heterocycles. The number of carbonyl (C=O) groups is 1. The largest absolute Gasteiger partial charge is 0.494 e. The molecule has 0 spiro atoms. The number of para-hydroxylation sites is 1. The fourth-order valence-electron chi connectivity index (χ4n) is 3.24. The molecule has 0 fully saturated rings. The van der Waals surface area contributed by atoms with Crippen molar-refractivity contribution in [1.29, 1.82) is 5.26 Å². The van der Waals surface area contributed by atoms with Gasteiger partial charge in [0.05, 0.1) is 24.3 Å². The molecular weight excluding hydrogens is 404 g/mol. The van der Waals surface area contributed by atoms with Crippen molar-refractivity contribution in [3.8, 4) is 17.7 Å². The predicted octanol–water partition coefficient (Wildman–Crippen LogP) is 4.07. The first-order chi connectivity index (χ1) is 14.4. The molecule has 0 atom stereocenters. The average molecular weight is 423 g/mol. The van der Waals surface area contributed by atoms with Crippen molar-refractivity contribution < 1.29 is 14.6 Å². The smallest absolute Gasteiger partial charge is 0.271 e. The van der Waals surface area contributed by atoms with Gasteiger partial charge in [0.15, 0.2) is 0 Å². The first kappa shape index (κ1) is 21.2. The van der Waals surface area contributed by atoms with Gasteiger partial charge in [0.2, 0.25) is 11.7 Å². The van der Waals surface area contributed by atoms with Gasteiger partial charge in [-0.05, 0) is 43.2 Å². The molecule has 6 nitrogen and oxygen atoms in total. The summed E-state index contributed by atoms with van der Waals surface area (Å²) in [4.78, 5) is 26.2. The summed E-state index contributed by atoms with van der Waals surface area (Å²) in [7, 11) is 0. The van der Waals surface area contributed by atoms with Crippen LogP contribution in [-0.4, -0.2) is 22.1 Å². The normalized spacial score (nSPS) is 10.5. The molecule has 0 bridgehead atoms.